The van der Waals surface area contributed by atoms with Crippen LogP contribution in [0.25, 0.3) is 0 Å². The van der Waals surface area contributed by atoms with Crippen molar-refractivity contribution < 1.29 is 14.3 Å². The zero-order valence-corrected chi connectivity index (χ0v) is 12.3. The van der Waals surface area contributed by atoms with Crippen molar-refractivity contribution in [2.75, 3.05) is 11.9 Å². The Kier molecular flexibility index (Phi) is 3.92. The van der Waals surface area contributed by atoms with Crippen LogP contribution in [0.4, 0.5) is 5.69 Å². The monoisotopic (exact) mass is 295 g/mol. The first kappa shape index (κ1) is 14.3. The van der Waals surface area contributed by atoms with Crippen LogP contribution in [0.5, 0.6) is 5.75 Å². The van der Waals surface area contributed by atoms with E-state index < -0.39 is 0 Å². The first-order valence-electron chi connectivity index (χ1n) is 7.26. The number of carbonyl (C=O) groups excluding carboxylic acids is 2. The third-order valence-electron chi connectivity index (χ3n) is 3.79. The van der Waals surface area contributed by atoms with Crippen LogP contribution < -0.4 is 10.1 Å². The van der Waals surface area contributed by atoms with E-state index >= 15 is 0 Å². The predicted octanol–water partition coefficient (Wildman–Crippen LogP) is 3.08. The molecule has 2 aromatic carbocycles. The number of carbonyl (C=O) groups is 2. The molecule has 2 aromatic rings. The zero-order valence-electron chi connectivity index (χ0n) is 12.3. The highest BCUT2D eigenvalue weighted by Crippen LogP contribution is 2.27. The third-order valence-corrected chi connectivity index (χ3v) is 3.79. The van der Waals surface area contributed by atoms with Gasteiger partial charge >= 0.3 is 0 Å². The molecule has 1 heterocycles. The van der Waals surface area contributed by atoms with Crippen molar-refractivity contribution in [1.29, 1.82) is 0 Å². The second-order valence-electron chi connectivity index (χ2n) is 5.45. The number of benzene rings is 2. The molecule has 1 aliphatic heterocycles. The summed E-state index contributed by atoms with van der Waals surface area (Å²) in [7, 11) is 0. The quantitative estimate of drug-likeness (QED) is 0.885. The predicted molar refractivity (Wildman–Crippen MR) is 84.2 cm³/mol. The van der Waals surface area contributed by atoms with Crippen molar-refractivity contribution in [1.82, 2.24) is 0 Å². The Labute approximate surface area is 129 Å². The molecule has 0 bridgehead atoms. The molecule has 1 atom stereocenters. The van der Waals surface area contributed by atoms with Gasteiger partial charge in [-0.2, -0.15) is 0 Å². The molecule has 4 nitrogen and oxygen atoms in total. The molecule has 0 saturated carbocycles. The number of Topliss-reactive ketones (excluding diaryl/α,β-unsaturated/α-hetero) is 1. The van der Waals surface area contributed by atoms with Gasteiger partial charge in [-0.25, -0.2) is 0 Å². The van der Waals surface area contributed by atoms with Gasteiger partial charge < -0.3 is 10.1 Å². The molecule has 0 unspecified atom stereocenters. The summed E-state index contributed by atoms with van der Waals surface area (Å²) in [5, 5.41) is 2.87. The summed E-state index contributed by atoms with van der Waals surface area (Å²) >= 11 is 0. The fourth-order valence-electron chi connectivity index (χ4n) is 2.56. The summed E-state index contributed by atoms with van der Waals surface area (Å²) in [6.07, 6.45) is 0.661. The molecule has 1 aliphatic rings. The Balaban J connectivity index is 1.71. The maximum atomic E-state index is 12.4. The normalized spacial score (nSPS) is 16.3. The maximum Gasteiger partial charge on any atom is 0.231 e. The molecule has 0 aliphatic carbocycles. The lowest BCUT2D eigenvalue weighted by atomic mass is 9.96. The van der Waals surface area contributed by atoms with Crippen LogP contribution in [-0.4, -0.2) is 18.3 Å². The minimum Gasteiger partial charge on any atom is -0.492 e. The highest BCUT2D eigenvalue weighted by Gasteiger charge is 2.25. The summed E-state index contributed by atoms with van der Waals surface area (Å²) < 4.78 is 5.64. The number of hydrogen-bond donors (Lipinski definition) is 1. The van der Waals surface area contributed by atoms with E-state index in [2.05, 4.69) is 5.32 Å². The van der Waals surface area contributed by atoms with Crippen LogP contribution in [0, 0.1) is 5.92 Å². The standard InChI is InChI=1S/C18H17NO3/c1-12(20)13-6-4-7-16(10-13)19-18(21)15-9-14-5-2-3-8-17(14)22-11-15/h2-8,10,15H,9,11H2,1H3,(H,19,21)/t15-/m0/s1. The Morgan fingerprint density at radius 1 is 1.14 bits per heavy atom. The first-order chi connectivity index (χ1) is 10.6. The Morgan fingerprint density at radius 3 is 2.77 bits per heavy atom. The van der Waals surface area contributed by atoms with Crippen molar-refractivity contribution in [2.45, 2.75) is 13.3 Å². The van der Waals surface area contributed by atoms with Crippen molar-refractivity contribution in [2.24, 2.45) is 5.92 Å². The number of hydrogen-bond acceptors (Lipinski definition) is 3. The summed E-state index contributed by atoms with van der Waals surface area (Å²) in [6.45, 7) is 1.88. The highest BCUT2D eigenvalue weighted by molar-refractivity contribution is 5.97. The van der Waals surface area contributed by atoms with E-state index in [1.54, 1.807) is 24.3 Å². The zero-order chi connectivity index (χ0) is 15.5. The van der Waals surface area contributed by atoms with Crippen LogP contribution in [-0.2, 0) is 11.2 Å². The van der Waals surface area contributed by atoms with Gasteiger partial charge in [-0.15, -0.1) is 0 Å². The van der Waals surface area contributed by atoms with Gasteiger partial charge in [0.05, 0.1) is 5.92 Å². The number of ether oxygens (including phenoxy) is 1. The fraction of sp³-hybridized carbons (Fsp3) is 0.222. The van der Waals surface area contributed by atoms with E-state index in [-0.39, 0.29) is 17.6 Å². The second-order valence-corrected chi connectivity index (χ2v) is 5.45. The minimum absolute atomic E-state index is 0.0222. The number of anilines is 1. The summed E-state index contributed by atoms with van der Waals surface area (Å²) in [5.74, 6) is 0.516. The number of amides is 1. The number of nitrogens with one attached hydrogen (secondary N) is 1. The summed E-state index contributed by atoms with van der Waals surface area (Å²) in [5.41, 5.74) is 2.27. The number of rotatable bonds is 3. The van der Waals surface area contributed by atoms with Gasteiger partial charge in [0, 0.05) is 11.3 Å². The highest BCUT2D eigenvalue weighted by atomic mass is 16.5. The van der Waals surface area contributed by atoms with Crippen molar-refractivity contribution in [3.05, 3.63) is 59.7 Å². The molecule has 0 radical (unpaired) electrons. The molecule has 0 saturated heterocycles. The van der Waals surface area contributed by atoms with Crippen LogP contribution in [0.3, 0.4) is 0 Å². The van der Waals surface area contributed by atoms with Gasteiger partial charge in [-0.3, -0.25) is 9.59 Å². The Hall–Kier alpha value is -2.62. The number of ketones is 1. The van der Waals surface area contributed by atoms with E-state index in [4.69, 9.17) is 4.74 Å². The topological polar surface area (TPSA) is 55.4 Å². The van der Waals surface area contributed by atoms with Gasteiger partial charge in [0.2, 0.25) is 5.91 Å². The molecule has 112 valence electrons. The van der Waals surface area contributed by atoms with Gasteiger partial charge in [-0.05, 0) is 37.1 Å². The van der Waals surface area contributed by atoms with Gasteiger partial charge in [0.15, 0.2) is 5.78 Å². The smallest absolute Gasteiger partial charge is 0.231 e. The van der Waals surface area contributed by atoms with Gasteiger partial charge in [0.25, 0.3) is 0 Å². The SMILES string of the molecule is CC(=O)c1cccc(NC(=O)[C@@H]2COc3ccccc3C2)c1. The van der Waals surface area contributed by atoms with E-state index in [1.807, 2.05) is 24.3 Å². The Morgan fingerprint density at radius 2 is 1.95 bits per heavy atom. The van der Waals surface area contributed by atoms with E-state index in [0.717, 1.165) is 11.3 Å². The Bertz CT molecular complexity index is 724. The number of fused-ring (bicyclic) bond motifs is 1. The lowest BCUT2D eigenvalue weighted by Crippen LogP contribution is -2.32. The molecule has 1 amide bonds. The maximum absolute atomic E-state index is 12.4. The minimum atomic E-state index is -0.226. The van der Waals surface area contributed by atoms with E-state index in [9.17, 15) is 9.59 Å². The van der Waals surface area contributed by atoms with E-state index in [1.165, 1.54) is 6.92 Å². The lowest BCUT2D eigenvalue weighted by molar-refractivity contribution is -0.121. The second kappa shape index (κ2) is 6.02. The third kappa shape index (κ3) is 3.01. The fourth-order valence-corrected chi connectivity index (χ4v) is 2.56. The van der Waals surface area contributed by atoms with Crippen LogP contribution >= 0.6 is 0 Å². The van der Waals surface area contributed by atoms with Crippen molar-refractivity contribution >= 4 is 17.4 Å². The molecule has 0 spiro atoms. The molecule has 0 fully saturated rings. The first-order valence-corrected chi connectivity index (χ1v) is 7.26. The van der Waals surface area contributed by atoms with Crippen LogP contribution in [0.1, 0.15) is 22.8 Å². The van der Waals surface area contributed by atoms with E-state index in [0.29, 0.717) is 24.3 Å². The molecular weight excluding hydrogens is 278 g/mol. The van der Waals surface area contributed by atoms with Gasteiger partial charge in [-0.1, -0.05) is 30.3 Å². The average Bonchev–Trinajstić information content (AvgIpc) is 2.54. The summed E-state index contributed by atoms with van der Waals surface area (Å²) in [4.78, 5) is 23.8. The van der Waals surface area contributed by atoms with Crippen molar-refractivity contribution in [3.8, 4) is 5.75 Å². The average molecular weight is 295 g/mol. The molecule has 0 aromatic heterocycles. The summed E-state index contributed by atoms with van der Waals surface area (Å²) in [6, 6.07) is 14.7. The molecule has 3 rings (SSSR count). The lowest BCUT2D eigenvalue weighted by Gasteiger charge is -2.24. The molecular formula is C18H17NO3. The van der Waals surface area contributed by atoms with Crippen LogP contribution in [0.15, 0.2) is 48.5 Å². The number of para-hydroxylation sites is 1. The largest absolute Gasteiger partial charge is 0.492 e. The molecule has 4 heteroatoms. The molecule has 1 N–H and O–H groups in total. The van der Waals surface area contributed by atoms with Crippen molar-refractivity contribution in [3.63, 3.8) is 0 Å². The van der Waals surface area contributed by atoms with Crippen LogP contribution in [0.2, 0.25) is 0 Å². The molecule has 22 heavy (non-hydrogen) atoms. The van der Waals surface area contributed by atoms with Gasteiger partial charge in [0.1, 0.15) is 12.4 Å².